The third kappa shape index (κ3) is 2.90. The van der Waals surface area contributed by atoms with Crippen LogP contribution in [0.3, 0.4) is 0 Å². The van der Waals surface area contributed by atoms with E-state index in [-0.39, 0.29) is 11.6 Å². The smallest absolute Gasteiger partial charge is 0.274 e. The molecule has 2 aromatic rings. The number of benzene rings is 1. The fourth-order valence-corrected chi connectivity index (χ4v) is 1.83. The molecule has 1 aromatic carbocycles. The fraction of sp³-hybridized carbons (Fsp3) is 0.0714. The molecule has 0 aliphatic rings. The monoisotopic (exact) mass is 271 g/mol. The number of halogens is 1. The standard InChI is InChI=1S/C14H10ClN3O/c1-9-3-2-4-11(15)13(9)18-14(19)12-6-5-10(7-16)8-17-12/h2-6,8H,1H3,(H,18,19). The summed E-state index contributed by atoms with van der Waals surface area (Å²) in [6.45, 7) is 1.85. The average Bonchev–Trinajstić information content (AvgIpc) is 2.43. The minimum atomic E-state index is -0.360. The second-order valence-corrected chi connectivity index (χ2v) is 4.34. The highest BCUT2D eigenvalue weighted by Crippen LogP contribution is 2.25. The summed E-state index contributed by atoms with van der Waals surface area (Å²) in [6.07, 6.45) is 1.36. The van der Waals surface area contributed by atoms with E-state index in [4.69, 9.17) is 16.9 Å². The van der Waals surface area contributed by atoms with Gasteiger partial charge in [0, 0.05) is 6.20 Å². The highest BCUT2D eigenvalue weighted by atomic mass is 35.5. The second kappa shape index (κ2) is 5.51. The number of carbonyl (C=O) groups excluding carboxylic acids is 1. The Hall–Kier alpha value is -2.38. The molecule has 0 saturated carbocycles. The molecule has 0 fully saturated rings. The van der Waals surface area contributed by atoms with Gasteiger partial charge in [0.15, 0.2) is 0 Å². The molecule has 2 rings (SSSR count). The molecule has 0 bridgehead atoms. The number of hydrogen-bond donors (Lipinski definition) is 1. The van der Waals surface area contributed by atoms with Crippen LogP contribution in [0.4, 0.5) is 5.69 Å². The Morgan fingerprint density at radius 3 is 2.74 bits per heavy atom. The van der Waals surface area contributed by atoms with Gasteiger partial charge in [-0.05, 0) is 30.7 Å². The molecule has 94 valence electrons. The molecule has 0 unspecified atom stereocenters. The summed E-state index contributed by atoms with van der Waals surface area (Å²) < 4.78 is 0. The maximum absolute atomic E-state index is 12.0. The van der Waals surface area contributed by atoms with E-state index in [9.17, 15) is 4.79 Å². The number of nitrogens with one attached hydrogen (secondary N) is 1. The number of hydrogen-bond acceptors (Lipinski definition) is 3. The number of para-hydroxylation sites is 1. The molecule has 0 aliphatic carbocycles. The van der Waals surface area contributed by atoms with E-state index in [1.54, 1.807) is 12.1 Å². The number of aromatic nitrogens is 1. The van der Waals surface area contributed by atoms with E-state index in [2.05, 4.69) is 10.3 Å². The summed E-state index contributed by atoms with van der Waals surface area (Å²) >= 11 is 6.03. The number of nitrogens with zero attached hydrogens (tertiary/aromatic N) is 2. The first-order chi connectivity index (χ1) is 9.11. The number of pyridine rings is 1. The first kappa shape index (κ1) is 13.1. The van der Waals surface area contributed by atoms with E-state index < -0.39 is 0 Å². The number of rotatable bonds is 2. The Morgan fingerprint density at radius 2 is 2.16 bits per heavy atom. The van der Waals surface area contributed by atoms with Crippen LogP contribution in [0.25, 0.3) is 0 Å². The van der Waals surface area contributed by atoms with Gasteiger partial charge in [-0.15, -0.1) is 0 Å². The van der Waals surface area contributed by atoms with Crippen molar-refractivity contribution in [2.24, 2.45) is 0 Å². The fourth-order valence-electron chi connectivity index (χ4n) is 1.56. The Balaban J connectivity index is 2.23. The largest absolute Gasteiger partial charge is 0.319 e. The Bertz CT molecular complexity index is 639. The molecule has 0 spiro atoms. The molecule has 4 nitrogen and oxygen atoms in total. The van der Waals surface area contributed by atoms with Crippen LogP contribution in [-0.2, 0) is 0 Å². The van der Waals surface area contributed by atoms with Gasteiger partial charge in [0.1, 0.15) is 11.8 Å². The first-order valence-corrected chi connectivity index (χ1v) is 5.92. The Morgan fingerprint density at radius 1 is 1.37 bits per heavy atom. The topological polar surface area (TPSA) is 65.8 Å². The quantitative estimate of drug-likeness (QED) is 0.912. The van der Waals surface area contributed by atoms with Gasteiger partial charge in [0.05, 0.1) is 16.3 Å². The SMILES string of the molecule is Cc1cccc(Cl)c1NC(=O)c1ccc(C#N)cn1. The van der Waals surface area contributed by atoms with Crippen LogP contribution in [0.2, 0.25) is 5.02 Å². The van der Waals surface area contributed by atoms with Gasteiger partial charge in [-0.25, -0.2) is 4.98 Å². The molecule has 1 heterocycles. The number of aryl methyl sites for hydroxylation is 1. The lowest BCUT2D eigenvalue weighted by Gasteiger charge is -2.09. The maximum Gasteiger partial charge on any atom is 0.274 e. The van der Waals surface area contributed by atoms with Crippen molar-refractivity contribution in [2.75, 3.05) is 5.32 Å². The molecular formula is C14H10ClN3O. The second-order valence-electron chi connectivity index (χ2n) is 3.93. The van der Waals surface area contributed by atoms with Crippen LogP contribution in [-0.4, -0.2) is 10.9 Å². The molecule has 1 N–H and O–H groups in total. The van der Waals surface area contributed by atoms with E-state index in [0.717, 1.165) is 5.56 Å². The molecule has 19 heavy (non-hydrogen) atoms. The van der Waals surface area contributed by atoms with Crippen LogP contribution in [0.5, 0.6) is 0 Å². The van der Waals surface area contributed by atoms with E-state index in [1.807, 2.05) is 25.1 Å². The Labute approximate surface area is 115 Å². The van der Waals surface area contributed by atoms with E-state index in [1.165, 1.54) is 12.3 Å². The molecule has 1 aromatic heterocycles. The normalized spacial score (nSPS) is 9.74. The zero-order valence-electron chi connectivity index (χ0n) is 10.1. The van der Waals surface area contributed by atoms with E-state index >= 15 is 0 Å². The third-order valence-electron chi connectivity index (χ3n) is 2.59. The molecular weight excluding hydrogens is 262 g/mol. The van der Waals surface area contributed by atoms with Crippen LogP contribution in [0.1, 0.15) is 21.6 Å². The molecule has 0 atom stereocenters. The van der Waals surface area contributed by atoms with Gasteiger partial charge >= 0.3 is 0 Å². The number of anilines is 1. The first-order valence-electron chi connectivity index (χ1n) is 5.54. The van der Waals surface area contributed by atoms with Crippen molar-refractivity contribution in [2.45, 2.75) is 6.92 Å². The molecule has 1 amide bonds. The maximum atomic E-state index is 12.0. The van der Waals surface area contributed by atoms with Gasteiger partial charge in [-0.3, -0.25) is 4.79 Å². The third-order valence-corrected chi connectivity index (χ3v) is 2.90. The highest BCUT2D eigenvalue weighted by Gasteiger charge is 2.11. The van der Waals surface area contributed by atoms with Crippen molar-refractivity contribution in [1.29, 1.82) is 5.26 Å². The van der Waals surface area contributed by atoms with Crippen molar-refractivity contribution >= 4 is 23.2 Å². The summed E-state index contributed by atoms with van der Waals surface area (Å²) in [4.78, 5) is 15.9. The summed E-state index contributed by atoms with van der Waals surface area (Å²) in [5, 5.41) is 11.9. The zero-order valence-corrected chi connectivity index (χ0v) is 10.9. The summed E-state index contributed by atoms with van der Waals surface area (Å²) in [6, 6.07) is 10.4. The lowest BCUT2D eigenvalue weighted by Crippen LogP contribution is -2.14. The predicted octanol–water partition coefficient (Wildman–Crippen LogP) is 3.17. The number of carbonyl (C=O) groups is 1. The van der Waals surface area contributed by atoms with Crippen molar-refractivity contribution in [3.63, 3.8) is 0 Å². The summed E-state index contributed by atoms with van der Waals surface area (Å²) in [5.41, 5.74) is 2.08. The van der Waals surface area contributed by atoms with Crippen molar-refractivity contribution in [3.8, 4) is 6.07 Å². The van der Waals surface area contributed by atoms with Crippen molar-refractivity contribution < 1.29 is 4.79 Å². The molecule has 0 aliphatic heterocycles. The summed E-state index contributed by atoms with van der Waals surface area (Å²) in [7, 11) is 0. The van der Waals surface area contributed by atoms with Gasteiger partial charge in [0.2, 0.25) is 0 Å². The van der Waals surface area contributed by atoms with Gasteiger partial charge in [-0.1, -0.05) is 23.7 Å². The predicted molar refractivity (Wildman–Crippen MR) is 73.1 cm³/mol. The van der Waals surface area contributed by atoms with Crippen molar-refractivity contribution in [1.82, 2.24) is 4.98 Å². The van der Waals surface area contributed by atoms with E-state index in [0.29, 0.717) is 16.3 Å². The lowest BCUT2D eigenvalue weighted by molar-refractivity contribution is 0.102. The highest BCUT2D eigenvalue weighted by molar-refractivity contribution is 6.34. The van der Waals surface area contributed by atoms with Crippen molar-refractivity contribution in [3.05, 3.63) is 58.4 Å². The Kier molecular flexibility index (Phi) is 3.79. The van der Waals surface area contributed by atoms with Crippen LogP contribution in [0, 0.1) is 18.3 Å². The van der Waals surface area contributed by atoms with Gasteiger partial charge < -0.3 is 5.32 Å². The molecule has 0 radical (unpaired) electrons. The summed E-state index contributed by atoms with van der Waals surface area (Å²) in [5.74, 6) is -0.360. The van der Waals surface area contributed by atoms with Crippen LogP contribution < -0.4 is 5.32 Å². The van der Waals surface area contributed by atoms with Gasteiger partial charge in [-0.2, -0.15) is 5.26 Å². The zero-order chi connectivity index (χ0) is 13.8. The van der Waals surface area contributed by atoms with Crippen LogP contribution in [0.15, 0.2) is 36.5 Å². The minimum Gasteiger partial charge on any atom is -0.319 e. The molecule has 0 saturated heterocycles. The molecule has 5 heteroatoms. The number of nitriles is 1. The number of amides is 1. The minimum absolute atomic E-state index is 0.235. The average molecular weight is 272 g/mol. The van der Waals surface area contributed by atoms with Gasteiger partial charge in [0.25, 0.3) is 5.91 Å². The lowest BCUT2D eigenvalue weighted by atomic mass is 10.2. The van der Waals surface area contributed by atoms with Crippen LogP contribution >= 0.6 is 11.6 Å².